The SMILES string of the molecule is COc1ccc(C(=O)OCC(=O)Nc2c(I)cc(I)cc2I)c(OC)c1. The van der Waals surface area contributed by atoms with Crippen LogP contribution in [0.15, 0.2) is 30.3 Å². The molecule has 0 bridgehead atoms. The second-order valence-electron chi connectivity index (χ2n) is 4.93. The Labute approximate surface area is 191 Å². The van der Waals surface area contributed by atoms with Crippen molar-refractivity contribution in [1.29, 1.82) is 0 Å². The highest BCUT2D eigenvalue weighted by atomic mass is 127. The van der Waals surface area contributed by atoms with E-state index in [0.717, 1.165) is 10.7 Å². The van der Waals surface area contributed by atoms with Crippen molar-refractivity contribution in [2.75, 3.05) is 26.1 Å². The Morgan fingerprint density at radius 2 is 1.65 bits per heavy atom. The number of benzene rings is 2. The number of rotatable bonds is 6. The molecule has 1 amide bonds. The number of amides is 1. The van der Waals surface area contributed by atoms with Gasteiger partial charge in [-0.05, 0) is 92.0 Å². The number of hydrogen-bond donors (Lipinski definition) is 1. The van der Waals surface area contributed by atoms with Crippen molar-refractivity contribution < 1.29 is 23.8 Å². The van der Waals surface area contributed by atoms with Gasteiger partial charge in [-0.3, -0.25) is 4.79 Å². The largest absolute Gasteiger partial charge is 0.497 e. The summed E-state index contributed by atoms with van der Waals surface area (Å²) >= 11 is 6.52. The lowest BCUT2D eigenvalue weighted by Gasteiger charge is -2.12. The summed E-state index contributed by atoms with van der Waals surface area (Å²) in [4.78, 5) is 24.4. The van der Waals surface area contributed by atoms with E-state index >= 15 is 0 Å². The maximum absolute atomic E-state index is 12.2. The molecule has 1 N–H and O–H groups in total. The van der Waals surface area contributed by atoms with E-state index < -0.39 is 18.5 Å². The van der Waals surface area contributed by atoms with Crippen LogP contribution in [0.3, 0.4) is 0 Å². The first-order valence-electron chi connectivity index (χ1n) is 7.19. The quantitative estimate of drug-likeness (QED) is 0.361. The van der Waals surface area contributed by atoms with Crippen LogP contribution in [-0.2, 0) is 9.53 Å². The molecule has 0 aromatic heterocycles. The van der Waals surface area contributed by atoms with E-state index in [-0.39, 0.29) is 5.56 Å². The normalized spacial score (nSPS) is 10.2. The van der Waals surface area contributed by atoms with E-state index in [0.29, 0.717) is 17.2 Å². The van der Waals surface area contributed by atoms with Crippen LogP contribution in [0, 0.1) is 10.7 Å². The fourth-order valence-corrected chi connectivity index (χ4v) is 5.87. The van der Waals surface area contributed by atoms with Crippen LogP contribution in [-0.4, -0.2) is 32.7 Å². The van der Waals surface area contributed by atoms with Gasteiger partial charge in [-0.25, -0.2) is 4.79 Å². The highest BCUT2D eigenvalue weighted by Gasteiger charge is 2.17. The molecule has 6 nitrogen and oxygen atoms in total. The highest BCUT2D eigenvalue weighted by molar-refractivity contribution is 14.1. The van der Waals surface area contributed by atoms with Crippen molar-refractivity contribution >= 4 is 85.3 Å². The Hall–Kier alpha value is -0.830. The standard InChI is InChI=1S/C17H14I3NO5/c1-24-10-3-4-11(14(7-10)25-2)17(23)26-8-15(22)21-16-12(19)5-9(18)6-13(16)20/h3-7H,8H2,1-2H3,(H,21,22). The molecule has 0 aliphatic carbocycles. The minimum absolute atomic E-state index is 0.222. The topological polar surface area (TPSA) is 73.9 Å². The molecule has 0 atom stereocenters. The number of carbonyl (C=O) groups excluding carboxylic acids is 2. The molecule has 0 fully saturated rings. The van der Waals surface area contributed by atoms with Crippen LogP contribution in [0.25, 0.3) is 0 Å². The number of anilines is 1. The Bertz CT molecular complexity index is 818. The summed E-state index contributed by atoms with van der Waals surface area (Å²) in [5, 5.41) is 2.77. The van der Waals surface area contributed by atoms with Crippen LogP contribution in [0.4, 0.5) is 5.69 Å². The molecule has 0 aliphatic heterocycles. The summed E-state index contributed by atoms with van der Waals surface area (Å²) in [6.45, 7) is -0.397. The number of halogens is 3. The van der Waals surface area contributed by atoms with Crippen molar-refractivity contribution in [3.63, 3.8) is 0 Å². The maximum Gasteiger partial charge on any atom is 0.342 e. The maximum atomic E-state index is 12.2. The van der Waals surface area contributed by atoms with Crippen LogP contribution in [0.5, 0.6) is 11.5 Å². The molecule has 0 heterocycles. The Kier molecular flexibility index (Phi) is 8.19. The number of esters is 1. The van der Waals surface area contributed by atoms with Gasteiger partial charge in [0.25, 0.3) is 5.91 Å². The summed E-state index contributed by atoms with van der Waals surface area (Å²) in [5.74, 6) is -0.190. The number of hydrogen-bond acceptors (Lipinski definition) is 5. The van der Waals surface area contributed by atoms with Gasteiger partial charge in [-0.15, -0.1) is 0 Å². The van der Waals surface area contributed by atoms with E-state index in [2.05, 4.69) is 73.1 Å². The van der Waals surface area contributed by atoms with Gasteiger partial charge >= 0.3 is 5.97 Å². The van der Waals surface area contributed by atoms with E-state index in [1.54, 1.807) is 12.1 Å². The van der Waals surface area contributed by atoms with Crippen LogP contribution in [0.2, 0.25) is 0 Å². The first-order chi connectivity index (χ1) is 12.3. The predicted octanol–water partition coefficient (Wildman–Crippen LogP) is 4.31. The molecule has 138 valence electrons. The highest BCUT2D eigenvalue weighted by Crippen LogP contribution is 2.28. The molecule has 2 aromatic carbocycles. The van der Waals surface area contributed by atoms with Crippen molar-refractivity contribution in [3.8, 4) is 11.5 Å². The average molecular weight is 693 g/mol. The third-order valence-electron chi connectivity index (χ3n) is 3.23. The molecule has 0 unspecified atom stereocenters. The zero-order chi connectivity index (χ0) is 19.3. The molecule has 0 saturated heterocycles. The summed E-state index contributed by atoms with van der Waals surface area (Å²) in [6.07, 6.45) is 0. The lowest BCUT2D eigenvalue weighted by atomic mass is 10.2. The third kappa shape index (κ3) is 5.58. The third-order valence-corrected chi connectivity index (χ3v) is 5.56. The first-order valence-corrected chi connectivity index (χ1v) is 10.4. The molecule has 0 saturated carbocycles. The van der Waals surface area contributed by atoms with E-state index in [1.165, 1.54) is 20.3 Å². The number of nitrogens with one attached hydrogen (secondary N) is 1. The zero-order valence-corrected chi connectivity index (χ0v) is 20.2. The molecule has 0 aliphatic rings. The summed E-state index contributed by atoms with van der Waals surface area (Å²) < 4.78 is 18.3. The lowest BCUT2D eigenvalue weighted by Crippen LogP contribution is -2.22. The molecule has 26 heavy (non-hydrogen) atoms. The monoisotopic (exact) mass is 693 g/mol. The molecular weight excluding hydrogens is 679 g/mol. The van der Waals surface area contributed by atoms with Gasteiger partial charge < -0.3 is 19.5 Å². The van der Waals surface area contributed by atoms with Crippen molar-refractivity contribution in [1.82, 2.24) is 0 Å². The first kappa shape index (κ1) is 21.5. The summed E-state index contributed by atoms with van der Waals surface area (Å²) in [6, 6.07) is 8.63. The fourth-order valence-electron chi connectivity index (χ4n) is 2.01. The number of ether oxygens (including phenoxy) is 3. The van der Waals surface area contributed by atoms with Crippen molar-refractivity contribution in [2.45, 2.75) is 0 Å². The lowest BCUT2D eigenvalue weighted by molar-refractivity contribution is -0.119. The Morgan fingerprint density at radius 3 is 2.23 bits per heavy atom. The fraction of sp³-hybridized carbons (Fsp3) is 0.176. The second kappa shape index (κ2) is 9.92. The molecule has 2 rings (SSSR count). The van der Waals surface area contributed by atoms with Crippen molar-refractivity contribution in [2.24, 2.45) is 0 Å². The molecule has 2 aromatic rings. The van der Waals surface area contributed by atoms with Crippen LogP contribution < -0.4 is 14.8 Å². The summed E-state index contributed by atoms with van der Waals surface area (Å²) in [5.41, 5.74) is 0.925. The van der Waals surface area contributed by atoms with Gasteiger partial charge in [0.05, 0.1) is 19.9 Å². The van der Waals surface area contributed by atoms with Gasteiger partial charge in [0.15, 0.2) is 6.61 Å². The number of carbonyl (C=O) groups is 2. The summed E-state index contributed by atoms with van der Waals surface area (Å²) in [7, 11) is 2.96. The van der Waals surface area contributed by atoms with Gasteiger partial charge in [0.1, 0.15) is 17.1 Å². The molecule has 0 spiro atoms. The number of methoxy groups -OCH3 is 2. The van der Waals surface area contributed by atoms with E-state index in [1.807, 2.05) is 12.1 Å². The smallest absolute Gasteiger partial charge is 0.342 e. The minimum atomic E-state index is -0.647. The molecule has 0 radical (unpaired) electrons. The molecule has 9 heteroatoms. The van der Waals surface area contributed by atoms with Gasteiger partial charge in [0, 0.05) is 16.8 Å². The Morgan fingerprint density at radius 1 is 1.00 bits per heavy atom. The van der Waals surface area contributed by atoms with Gasteiger partial charge in [-0.1, -0.05) is 0 Å². The van der Waals surface area contributed by atoms with Gasteiger partial charge in [-0.2, -0.15) is 0 Å². The van der Waals surface area contributed by atoms with Crippen molar-refractivity contribution in [3.05, 3.63) is 46.6 Å². The van der Waals surface area contributed by atoms with Crippen LogP contribution in [0.1, 0.15) is 10.4 Å². The van der Waals surface area contributed by atoms with Crippen LogP contribution >= 0.6 is 67.8 Å². The zero-order valence-electron chi connectivity index (χ0n) is 13.8. The average Bonchev–Trinajstić information content (AvgIpc) is 2.62. The minimum Gasteiger partial charge on any atom is -0.497 e. The van der Waals surface area contributed by atoms with E-state index in [4.69, 9.17) is 14.2 Å². The van der Waals surface area contributed by atoms with E-state index in [9.17, 15) is 9.59 Å². The second-order valence-corrected chi connectivity index (χ2v) is 8.50. The predicted molar refractivity (Wildman–Crippen MR) is 123 cm³/mol. The Balaban J connectivity index is 2.03. The van der Waals surface area contributed by atoms with Gasteiger partial charge in [0.2, 0.25) is 0 Å². The molecular formula is C17H14I3NO5.